The summed E-state index contributed by atoms with van der Waals surface area (Å²) in [5.74, 6) is 0.973. The molecule has 18 heavy (non-hydrogen) atoms. The minimum Gasteiger partial charge on any atom is -0.496 e. The maximum absolute atomic E-state index is 5.20. The van der Waals surface area contributed by atoms with Gasteiger partial charge in [-0.2, -0.15) is 0 Å². The lowest BCUT2D eigenvalue weighted by molar-refractivity contribution is 0.209. The maximum atomic E-state index is 5.20. The fourth-order valence-corrected chi connectivity index (χ4v) is 3.21. The van der Waals surface area contributed by atoms with Gasteiger partial charge in [-0.05, 0) is 38.9 Å². The van der Waals surface area contributed by atoms with E-state index in [1.165, 1.54) is 43.8 Å². The van der Waals surface area contributed by atoms with Crippen LogP contribution < -0.4 is 10.1 Å². The summed E-state index contributed by atoms with van der Waals surface area (Å²) in [5, 5.41) is 5.66. The number of nitrogens with one attached hydrogen (secondary N) is 1. The van der Waals surface area contributed by atoms with Crippen molar-refractivity contribution in [1.82, 2.24) is 10.2 Å². The van der Waals surface area contributed by atoms with Crippen molar-refractivity contribution in [1.29, 1.82) is 0 Å². The third-order valence-electron chi connectivity index (χ3n) is 3.47. The SMILES string of the molecule is COc1csc(CNC(C)CN2CCCCC2)c1. The van der Waals surface area contributed by atoms with E-state index in [1.54, 1.807) is 18.4 Å². The van der Waals surface area contributed by atoms with Crippen LogP contribution in [0.1, 0.15) is 31.1 Å². The zero-order valence-electron chi connectivity index (χ0n) is 11.4. The fourth-order valence-electron chi connectivity index (χ4n) is 2.43. The highest BCUT2D eigenvalue weighted by molar-refractivity contribution is 7.10. The quantitative estimate of drug-likeness (QED) is 0.858. The highest BCUT2D eigenvalue weighted by Crippen LogP contribution is 2.20. The maximum Gasteiger partial charge on any atom is 0.129 e. The van der Waals surface area contributed by atoms with E-state index in [0.717, 1.165) is 12.3 Å². The van der Waals surface area contributed by atoms with E-state index in [2.05, 4.69) is 28.6 Å². The summed E-state index contributed by atoms with van der Waals surface area (Å²) in [6.45, 7) is 6.95. The van der Waals surface area contributed by atoms with Crippen LogP contribution in [0.15, 0.2) is 11.4 Å². The third kappa shape index (κ3) is 4.26. The van der Waals surface area contributed by atoms with Crippen LogP contribution in [0.4, 0.5) is 0 Å². The van der Waals surface area contributed by atoms with E-state index in [0.29, 0.717) is 6.04 Å². The molecule has 4 heteroatoms. The highest BCUT2D eigenvalue weighted by atomic mass is 32.1. The van der Waals surface area contributed by atoms with E-state index in [1.807, 2.05) is 0 Å². The Kier molecular flexibility index (Phi) is 5.47. The third-order valence-corrected chi connectivity index (χ3v) is 4.39. The first kappa shape index (κ1) is 13.8. The van der Waals surface area contributed by atoms with Crippen LogP contribution in [0, 0.1) is 0 Å². The van der Waals surface area contributed by atoms with Gasteiger partial charge in [-0.25, -0.2) is 0 Å². The Morgan fingerprint density at radius 2 is 2.17 bits per heavy atom. The van der Waals surface area contributed by atoms with Gasteiger partial charge in [-0.1, -0.05) is 6.42 Å². The van der Waals surface area contributed by atoms with Crippen molar-refractivity contribution >= 4 is 11.3 Å². The first-order valence-electron chi connectivity index (χ1n) is 6.85. The summed E-state index contributed by atoms with van der Waals surface area (Å²) in [4.78, 5) is 3.92. The Bertz CT molecular complexity index is 347. The largest absolute Gasteiger partial charge is 0.496 e. The predicted molar refractivity (Wildman–Crippen MR) is 77.5 cm³/mol. The molecule has 1 unspecified atom stereocenters. The topological polar surface area (TPSA) is 24.5 Å². The number of hydrogen-bond donors (Lipinski definition) is 1. The van der Waals surface area contributed by atoms with Crippen LogP contribution in [-0.4, -0.2) is 37.7 Å². The second-order valence-corrected chi connectivity index (χ2v) is 6.09. The molecule has 0 saturated carbocycles. The molecule has 0 amide bonds. The molecular formula is C14H24N2OS. The molecule has 1 aromatic rings. The molecule has 1 aliphatic rings. The monoisotopic (exact) mass is 268 g/mol. The van der Waals surface area contributed by atoms with Gasteiger partial charge in [-0.15, -0.1) is 11.3 Å². The fraction of sp³-hybridized carbons (Fsp3) is 0.714. The first-order valence-corrected chi connectivity index (χ1v) is 7.73. The lowest BCUT2D eigenvalue weighted by atomic mass is 10.1. The zero-order chi connectivity index (χ0) is 12.8. The van der Waals surface area contributed by atoms with Crippen LogP contribution in [0.5, 0.6) is 5.75 Å². The molecule has 1 atom stereocenters. The van der Waals surface area contributed by atoms with Crippen LogP contribution in [0.2, 0.25) is 0 Å². The molecule has 1 saturated heterocycles. The van der Waals surface area contributed by atoms with Crippen molar-refractivity contribution < 1.29 is 4.74 Å². The number of nitrogens with zero attached hydrogens (tertiary/aromatic N) is 1. The highest BCUT2D eigenvalue weighted by Gasteiger charge is 2.13. The van der Waals surface area contributed by atoms with Gasteiger partial charge in [0.05, 0.1) is 7.11 Å². The van der Waals surface area contributed by atoms with Crippen molar-refractivity contribution in [2.75, 3.05) is 26.7 Å². The average Bonchev–Trinajstić information content (AvgIpc) is 2.85. The number of ether oxygens (including phenoxy) is 1. The van der Waals surface area contributed by atoms with Gasteiger partial charge in [0.1, 0.15) is 5.75 Å². The molecule has 0 bridgehead atoms. The normalized spacial score (nSPS) is 18.8. The molecule has 1 aliphatic heterocycles. The molecule has 1 N–H and O–H groups in total. The summed E-state index contributed by atoms with van der Waals surface area (Å²) >= 11 is 1.76. The molecule has 2 heterocycles. The standard InChI is InChI=1S/C14H24N2OS/c1-12(10-16-6-4-3-5-7-16)15-9-14-8-13(17-2)11-18-14/h8,11-12,15H,3-7,9-10H2,1-2H3. The zero-order valence-corrected chi connectivity index (χ0v) is 12.3. The van der Waals surface area contributed by atoms with Gasteiger partial charge in [0.25, 0.3) is 0 Å². The van der Waals surface area contributed by atoms with Gasteiger partial charge in [0, 0.05) is 29.4 Å². The molecule has 0 aromatic carbocycles. The van der Waals surface area contributed by atoms with E-state index < -0.39 is 0 Å². The van der Waals surface area contributed by atoms with Crippen molar-refractivity contribution in [2.24, 2.45) is 0 Å². The van der Waals surface area contributed by atoms with Crippen molar-refractivity contribution in [3.8, 4) is 5.75 Å². The van der Waals surface area contributed by atoms with Gasteiger partial charge < -0.3 is 15.0 Å². The molecule has 1 fully saturated rings. The second-order valence-electron chi connectivity index (χ2n) is 5.10. The van der Waals surface area contributed by atoms with E-state index in [9.17, 15) is 0 Å². The smallest absolute Gasteiger partial charge is 0.129 e. The predicted octanol–water partition coefficient (Wildman–Crippen LogP) is 2.72. The Morgan fingerprint density at radius 1 is 1.39 bits per heavy atom. The Labute approximate surface area is 114 Å². The van der Waals surface area contributed by atoms with E-state index in [4.69, 9.17) is 4.74 Å². The summed E-state index contributed by atoms with van der Waals surface area (Å²) in [5.41, 5.74) is 0. The van der Waals surface area contributed by atoms with Gasteiger partial charge in [0.2, 0.25) is 0 Å². The number of thiophene rings is 1. The van der Waals surface area contributed by atoms with Crippen LogP contribution >= 0.6 is 11.3 Å². The molecule has 102 valence electrons. The van der Waals surface area contributed by atoms with Gasteiger partial charge in [-0.3, -0.25) is 0 Å². The lowest BCUT2D eigenvalue weighted by Crippen LogP contribution is -2.41. The van der Waals surface area contributed by atoms with E-state index >= 15 is 0 Å². The number of rotatable bonds is 6. The van der Waals surface area contributed by atoms with Gasteiger partial charge in [0.15, 0.2) is 0 Å². The minimum absolute atomic E-state index is 0.552. The average molecular weight is 268 g/mol. The molecule has 0 aliphatic carbocycles. The van der Waals surface area contributed by atoms with Crippen LogP contribution in [0.3, 0.4) is 0 Å². The van der Waals surface area contributed by atoms with Crippen molar-refractivity contribution in [3.63, 3.8) is 0 Å². The molecule has 1 aromatic heterocycles. The second kappa shape index (κ2) is 7.12. The van der Waals surface area contributed by atoms with Crippen LogP contribution in [0.25, 0.3) is 0 Å². The Morgan fingerprint density at radius 3 is 2.83 bits per heavy atom. The van der Waals surface area contributed by atoms with Crippen molar-refractivity contribution in [3.05, 3.63) is 16.3 Å². The number of methoxy groups -OCH3 is 1. The lowest BCUT2D eigenvalue weighted by Gasteiger charge is -2.29. The molecule has 0 radical (unpaired) electrons. The molecule has 0 spiro atoms. The van der Waals surface area contributed by atoms with Gasteiger partial charge >= 0.3 is 0 Å². The van der Waals surface area contributed by atoms with Crippen molar-refractivity contribution in [2.45, 2.75) is 38.8 Å². The number of hydrogen-bond acceptors (Lipinski definition) is 4. The molecule has 3 nitrogen and oxygen atoms in total. The molecular weight excluding hydrogens is 244 g/mol. The molecule has 2 rings (SSSR count). The first-order chi connectivity index (χ1) is 8.78. The summed E-state index contributed by atoms with van der Waals surface area (Å²) in [7, 11) is 1.72. The Balaban J connectivity index is 1.68. The van der Waals surface area contributed by atoms with Crippen LogP contribution in [-0.2, 0) is 6.54 Å². The number of likely N-dealkylation sites (tertiary alicyclic amines) is 1. The summed E-state index contributed by atoms with van der Waals surface area (Å²) in [6, 6.07) is 2.67. The van der Waals surface area contributed by atoms with E-state index in [-0.39, 0.29) is 0 Å². The minimum atomic E-state index is 0.552. The number of piperidine rings is 1. The Hall–Kier alpha value is -0.580. The summed E-state index contributed by atoms with van der Waals surface area (Å²) < 4.78 is 5.20. The summed E-state index contributed by atoms with van der Waals surface area (Å²) in [6.07, 6.45) is 4.15.